The molecule has 152 valence electrons. The molecule has 6 nitrogen and oxygen atoms in total. The number of nitrogens with zero attached hydrogens (tertiary/aromatic N) is 2. The van der Waals surface area contributed by atoms with E-state index in [2.05, 4.69) is 9.97 Å². The number of ether oxygens (including phenoxy) is 1. The van der Waals surface area contributed by atoms with Gasteiger partial charge >= 0.3 is 5.69 Å². The topological polar surface area (TPSA) is 77.0 Å². The Morgan fingerprint density at radius 1 is 0.968 bits per heavy atom. The molecule has 0 aliphatic carbocycles. The lowest BCUT2D eigenvalue weighted by Crippen LogP contribution is -2.33. The third-order valence-corrected chi connectivity index (χ3v) is 5.60. The van der Waals surface area contributed by atoms with Gasteiger partial charge in [0.25, 0.3) is 5.56 Å². The lowest BCUT2D eigenvalue weighted by Gasteiger charge is -2.11. The maximum atomic E-state index is 13.3. The van der Waals surface area contributed by atoms with E-state index in [0.29, 0.717) is 32.7 Å². The molecule has 0 saturated carbocycles. The summed E-state index contributed by atoms with van der Waals surface area (Å²) in [6.07, 6.45) is 3.18. The Hall–Kier alpha value is -3.90. The largest absolute Gasteiger partial charge is 0.497 e. The summed E-state index contributed by atoms with van der Waals surface area (Å²) in [7, 11) is 1.56. The van der Waals surface area contributed by atoms with E-state index >= 15 is 0 Å². The predicted octanol–water partition coefficient (Wildman–Crippen LogP) is 4.56. The van der Waals surface area contributed by atoms with Crippen molar-refractivity contribution in [3.63, 3.8) is 0 Å². The number of benzene rings is 3. The van der Waals surface area contributed by atoms with Gasteiger partial charge in [0.05, 0.1) is 29.9 Å². The van der Waals surface area contributed by atoms with Gasteiger partial charge in [-0.05, 0) is 42.0 Å². The molecule has 7 heteroatoms. The molecular weight excluding hydrogens is 414 g/mol. The van der Waals surface area contributed by atoms with E-state index in [4.69, 9.17) is 16.3 Å². The van der Waals surface area contributed by atoms with Gasteiger partial charge in [0.1, 0.15) is 5.75 Å². The number of rotatable bonds is 3. The van der Waals surface area contributed by atoms with Crippen molar-refractivity contribution in [1.82, 2.24) is 14.5 Å². The minimum Gasteiger partial charge on any atom is -0.497 e. The molecular formula is C24H16ClN3O3. The SMILES string of the molecule is COc1ccc2cncc(-n3c(=O)[nH]c4cc(-c5ccccc5Cl)ccc4c3=O)c2c1. The van der Waals surface area contributed by atoms with Crippen LogP contribution in [0.3, 0.4) is 0 Å². The van der Waals surface area contributed by atoms with Crippen molar-refractivity contribution in [3.8, 4) is 22.6 Å². The Morgan fingerprint density at radius 2 is 1.81 bits per heavy atom. The fourth-order valence-electron chi connectivity index (χ4n) is 3.73. The van der Waals surface area contributed by atoms with E-state index < -0.39 is 11.2 Å². The zero-order chi connectivity index (χ0) is 21.5. The summed E-state index contributed by atoms with van der Waals surface area (Å²) < 4.78 is 6.41. The molecule has 5 rings (SSSR count). The molecule has 2 aromatic heterocycles. The van der Waals surface area contributed by atoms with Crippen LogP contribution in [0.15, 0.2) is 82.6 Å². The number of hydrogen-bond acceptors (Lipinski definition) is 4. The molecule has 0 spiro atoms. The van der Waals surface area contributed by atoms with Gasteiger partial charge in [-0.25, -0.2) is 9.36 Å². The second kappa shape index (κ2) is 7.41. The van der Waals surface area contributed by atoms with Crippen molar-refractivity contribution in [2.24, 2.45) is 0 Å². The van der Waals surface area contributed by atoms with Crippen LogP contribution in [0.4, 0.5) is 0 Å². The molecule has 0 unspecified atom stereocenters. The van der Waals surface area contributed by atoms with Crippen molar-refractivity contribution in [1.29, 1.82) is 0 Å². The maximum Gasteiger partial charge on any atom is 0.333 e. The van der Waals surface area contributed by atoms with Crippen LogP contribution in [-0.4, -0.2) is 21.6 Å². The van der Waals surface area contributed by atoms with Crippen LogP contribution >= 0.6 is 11.6 Å². The fraction of sp³-hybridized carbons (Fsp3) is 0.0417. The number of nitrogens with one attached hydrogen (secondary N) is 1. The average Bonchev–Trinajstić information content (AvgIpc) is 2.79. The lowest BCUT2D eigenvalue weighted by atomic mass is 10.0. The molecule has 3 aromatic carbocycles. The second-order valence-electron chi connectivity index (χ2n) is 7.06. The Morgan fingerprint density at radius 3 is 2.61 bits per heavy atom. The highest BCUT2D eigenvalue weighted by Gasteiger charge is 2.14. The summed E-state index contributed by atoms with van der Waals surface area (Å²) >= 11 is 6.30. The number of aromatic amines is 1. The third kappa shape index (κ3) is 3.17. The van der Waals surface area contributed by atoms with Gasteiger partial charge in [0.15, 0.2) is 0 Å². The van der Waals surface area contributed by atoms with Crippen LogP contribution < -0.4 is 16.0 Å². The van der Waals surface area contributed by atoms with E-state index in [9.17, 15) is 9.59 Å². The van der Waals surface area contributed by atoms with E-state index in [1.165, 1.54) is 6.20 Å². The first-order valence-corrected chi connectivity index (χ1v) is 9.91. The third-order valence-electron chi connectivity index (χ3n) is 5.27. The van der Waals surface area contributed by atoms with E-state index in [1.807, 2.05) is 30.3 Å². The lowest BCUT2D eigenvalue weighted by molar-refractivity contribution is 0.415. The predicted molar refractivity (Wildman–Crippen MR) is 122 cm³/mol. The first-order chi connectivity index (χ1) is 15.1. The van der Waals surface area contributed by atoms with Crippen LogP contribution in [0.1, 0.15) is 0 Å². The Bertz CT molecular complexity index is 1590. The minimum atomic E-state index is -0.550. The highest BCUT2D eigenvalue weighted by Crippen LogP contribution is 2.29. The Kier molecular flexibility index (Phi) is 4.56. The van der Waals surface area contributed by atoms with Crippen molar-refractivity contribution in [2.45, 2.75) is 0 Å². The number of halogens is 1. The molecule has 0 aliphatic heterocycles. The Labute approximate surface area is 181 Å². The van der Waals surface area contributed by atoms with Crippen molar-refractivity contribution < 1.29 is 4.74 Å². The molecule has 0 bridgehead atoms. The van der Waals surface area contributed by atoms with Gasteiger partial charge in [-0.2, -0.15) is 0 Å². The van der Waals surface area contributed by atoms with Crippen LogP contribution in [0, 0.1) is 0 Å². The molecule has 0 saturated heterocycles. The van der Waals surface area contributed by atoms with Crippen LogP contribution in [-0.2, 0) is 0 Å². The summed E-state index contributed by atoms with van der Waals surface area (Å²) in [6, 6.07) is 18.1. The summed E-state index contributed by atoms with van der Waals surface area (Å²) in [4.78, 5) is 33.3. The van der Waals surface area contributed by atoms with Gasteiger partial charge < -0.3 is 9.72 Å². The standard InChI is InChI=1S/C24H16ClN3O3/c1-31-16-8-6-15-12-26-13-22(19(15)11-16)28-23(29)18-9-7-14(10-21(18)27-24(28)30)17-4-2-3-5-20(17)25/h2-13H,1H3,(H,27,30). The zero-order valence-corrected chi connectivity index (χ0v) is 17.2. The molecule has 2 heterocycles. The summed E-state index contributed by atoms with van der Waals surface area (Å²) in [5, 5.41) is 2.45. The molecule has 0 radical (unpaired) electrons. The summed E-state index contributed by atoms with van der Waals surface area (Å²) in [5.74, 6) is 0.620. The highest BCUT2D eigenvalue weighted by molar-refractivity contribution is 6.33. The van der Waals surface area contributed by atoms with Gasteiger partial charge in [0, 0.05) is 27.6 Å². The highest BCUT2D eigenvalue weighted by atomic mass is 35.5. The second-order valence-corrected chi connectivity index (χ2v) is 7.46. The van der Waals surface area contributed by atoms with Crippen molar-refractivity contribution >= 4 is 33.3 Å². The van der Waals surface area contributed by atoms with Crippen LogP contribution in [0.5, 0.6) is 5.75 Å². The van der Waals surface area contributed by atoms with Gasteiger partial charge in [0.2, 0.25) is 0 Å². The quantitative estimate of drug-likeness (QED) is 0.456. The van der Waals surface area contributed by atoms with E-state index in [0.717, 1.165) is 21.1 Å². The smallest absolute Gasteiger partial charge is 0.333 e. The number of pyridine rings is 1. The molecule has 0 fully saturated rings. The first kappa shape index (κ1) is 19.1. The van der Waals surface area contributed by atoms with Crippen molar-refractivity contribution in [2.75, 3.05) is 7.11 Å². The monoisotopic (exact) mass is 429 g/mol. The van der Waals surface area contributed by atoms with Crippen LogP contribution in [0.25, 0.3) is 38.5 Å². The molecule has 31 heavy (non-hydrogen) atoms. The van der Waals surface area contributed by atoms with Gasteiger partial charge in [-0.3, -0.25) is 9.78 Å². The number of fused-ring (bicyclic) bond motifs is 2. The normalized spacial score (nSPS) is 11.2. The number of H-pyrrole nitrogens is 1. The fourth-order valence-corrected chi connectivity index (χ4v) is 3.98. The van der Waals surface area contributed by atoms with Gasteiger partial charge in [-0.1, -0.05) is 35.9 Å². The minimum absolute atomic E-state index is 0.385. The molecule has 0 atom stereocenters. The maximum absolute atomic E-state index is 13.3. The number of methoxy groups -OCH3 is 1. The summed E-state index contributed by atoms with van der Waals surface area (Å²) in [6.45, 7) is 0. The van der Waals surface area contributed by atoms with Crippen LogP contribution in [0.2, 0.25) is 5.02 Å². The van der Waals surface area contributed by atoms with Crippen molar-refractivity contribution in [3.05, 3.63) is 98.9 Å². The number of hydrogen-bond donors (Lipinski definition) is 1. The first-order valence-electron chi connectivity index (χ1n) is 9.53. The molecule has 0 aliphatic rings. The average molecular weight is 430 g/mol. The van der Waals surface area contributed by atoms with Gasteiger partial charge in [-0.15, -0.1) is 0 Å². The van der Waals surface area contributed by atoms with E-state index in [-0.39, 0.29) is 0 Å². The molecule has 0 amide bonds. The van der Waals surface area contributed by atoms with E-state index in [1.54, 1.807) is 43.6 Å². The summed E-state index contributed by atoms with van der Waals surface area (Å²) in [5.41, 5.74) is 1.48. The molecule has 5 aromatic rings. The Balaban J connectivity index is 1.76. The number of aromatic nitrogens is 3. The zero-order valence-electron chi connectivity index (χ0n) is 16.4. The molecule has 1 N–H and O–H groups in total.